The minimum atomic E-state index is -1.28. The number of hydrogen-bond acceptors (Lipinski definition) is 6. The fraction of sp³-hybridized carbons (Fsp3) is 0.0588. The van der Waals surface area contributed by atoms with Crippen molar-refractivity contribution in [2.75, 3.05) is 0 Å². The first-order valence-corrected chi connectivity index (χ1v) is 7.23. The molecule has 0 spiro atoms. The van der Waals surface area contributed by atoms with Crippen molar-refractivity contribution in [1.29, 1.82) is 0 Å². The van der Waals surface area contributed by atoms with E-state index in [1.165, 1.54) is 18.5 Å². The molecule has 118 valence electrons. The Bertz CT molecular complexity index is 1010. The van der Waals surface area contributed by atoms with Crippen LogP contribution in [0.15, 0.2) is 59.6 Å². The first kappa shape index (κ1) is 14.1. The fourth-order valence-corrected chi connectivity index (χ4v) is 2.54. The number of carbonyl (C=O) groups is 1. The van der Waals surface area contributed by atoms with Gasteiger partial charge in [0.2, 0.25) is 0 Å². The lowest BCUT2D eigenvalue weighted by Crippen LogP contribution is -2.22. The maximum atomic E-state index is 11.5. The number of carboxylic acids is 1. The minimum Gasteiger partial charge on any atom is -0.545 e. The molecule has 0 N–H and O–H groups in total. The number of carbonyl (C=O) groups excluding carboxylic acids is 1. The molecule has 0 saturated heterocycles. The van der Waals surface area contributed by atoms with Gasteiger partial charge in [-0.05, 0) is 35.9 Å². The zero-order chi connectivity index (χ0) is 16.5. The highest BCUT2D eigenvalue weighted by atomic mass is 16.4. The number of fused-ring (bicyclic) bond motifs is 1. The fourth-order valence-electron chi connectivity index (χ4n) is 2.54. The van der Waals surface area contributed by atoms with Gasteiger partial charge in [-0.3, -0.25) is 4.98 Å². The summed E-state index contributed by atoms with van der Waals surface area (Å²) in [5, 5.41) is 16.2. The Hall–Kier alpha value is -3.48. The number of nitrogens with zero attached hydrogens (tertiary/aromatic N) is 4. The highest BCUT2D eigenvalue weighted by Crippen LogP contribution is 2.25. The van der Waals surface area contributed by atoms with E-state index < -0.39 is 5.97 Å². The lowest BCUT2D eigenvalue weighted by atomic mass is 10.1. The lowest BCUT2D eigenvalue weighted by molar-refractivity contribution is -0.254. The smallest absolute Gasteiger partial charge is 0.159 e. The van der Waals surface area contributed by atoms with Crippen LogP contribution in [-0.2, 0) is 6.54 Å². The maximum absolute atomic E-state index is 11.5. The van der Waals surface area contributed by atoms with Gasteiger partial charge in [0.1, 0.15) is 5.69 Å². The molecule has 7 heteroatoms. The van der Waals surface area contributed by atoms with Crippen LogP contribution in [0.2, 0.25) is 0 Å². The average Bonchev–Trinajstić information content (AvgIpc) is 3.25. The molecule has 0 aliphatic carbocycles. The number of rotatable bonds is 4. The van der Waals surface area contributed by atoms with Crippen LogP contribution in [0.3, 0.4) is 0 Å². The molecule has 0 radical (unpaired) electrons. The van der Waals surface area contributed by atoms with Crippen LogP contribution in [0.5, 0.6) is 0 Å². The molecule has 4 aromatic heterocycles. The van der Waals surface area contributed by atoms with E-state index in [-0.39, 0.29) is 5.56 Å². The SMILES string of the molecule is O=C([O-])c1cc(-c2ccco2)nc2c1cnn2Cc1ccncc1. The molecule has 4 heterocycles. The second-order valence-corrected chi connectivity index (χ2v) is 5.21. The third-order valence-electron chi connectivity index (χ3n) is 3.68. The highest BCUT2D eigenvalue weighted by Gasteiger charge is 2.14. The molecule has 0 fully saturated rings. The molecule has 7 nitrogen and oxygen atoms in total. The van der Waals surface area contributed by atoms with Crippen molar-refractivity contribution in [3.05, 3.63) is 66.3 Å². The van der Waals surface area contributed by atoms with Gasteiger partial charge < -0.3 is 14.3 Å². The number of aromatic carboxylic acids is 1. The quantitative estimate of drug-likeness (QED) is 0.565. The first-order chi connectivity index (χ1) is 11.7. The van der Waals surface area contributed by atoms with Gasteiger partial charge in [-0.25, -0.2) is 9.67 Å². The van der Waals surface area contributed by atoms with E-state index in [4.69, 9.17) is 4.42 Å². The Morgan fingerprint density at radius 2 is 2.08 bits per heavy atom. The monoisotopic (exact) mass is 319 g/mol. The van der Waals surface area contributed by atoms with Gasteiger partial charge in [-0.15, -0.1) is 0 Å². The summed E-state index contributed by atoms with van der Waals surface area (Å²) in [6.07, 6.45) is 6.37. The molecule has 0 aromatic carbocycles. The Morgan fingerprint density at radius 3 is 2.79 bits per heavy atom. The van der Waals surface area contributed by atoms with Crippen LogP contribution in [0, 0.1) is 0 Å². The van der Waals surface area contributed by atoms with E-state index in [9.17, 15) is 9.90 Å². The van der Waals surface area contributed by atoms with E-state index >= 15 is 0 Å². The third-order valence-corrected chi connectivity index (χ3v) is 3.68. The molecule has 4 rings (SSSR count). The number of furan rings is 1. The average molecular weight is 319 g/mol. The summed E-state index contributed by atoms with van der Waals surface area (Å²) in [6, 6.07) is 8.60. The third kappa shape index (κ3) is 2.41. The van der Waals surface area contributed by atoms with Crippen molar-refractivity contribution in [2.45, 2.75) is 6.54 Å². The van der Waals surface area contributed by atoms with Gasteiger partial charge in [0.05, 0.1) is 25.0 Å². The van der Waals surface area contributed by atoms with Crippen molar-refractivity contribution in [3.8, 4) is 11.5 Å². The molecule has 0 unspecified atom stereocenters. The summed E-state index contributed by atoms with van der Waals surface area (Å²) >= 11 is 0. The number of hydrogen-bond donors (Lipinski definition) is 0. The molecule has 0 atom stereocenters. The van der Waals surface area contributed by atoms with Crippen molar-refractivity contribution in [1.82, 2.24) is 19.7 Å². The van der Waals surface area contributed by atoms with Crippen molar-refractivity contribution in [2.24, 2.45) is 0 Å². The second-order valence-electron chi connectivity index (χ2n) is 5.21. The van der Waals surface area contributed by atoms with Crippen molar-refractivity contribution < 1.29 is 14.3 Å². The Kier molecular flexibility index (Phi) is 3.31. The number of aromatic nitrogens is 4. The van der Waals surface area contributed by atoms with Crippen LogP contribution >= 0.6 is 0 Å². The summed E-state index contributed by atoms with van der Waals surface area (Å²) in [7, 11) is 0. The molecular formula is C17H11N4O3-. The van der Waals surface area contributed by atoms with Crippen molar-refractivity contribution in [3.63, 3.8) is 0 Å². The van der Waals surface area contributed by atoms with E-state index in [0.29, 0.717) is 29.0 Å². The molecule has 4 aromatic rings. The maximum Gasteiger partial charge on any atom is 0.159 e. The summed E-state index contributed by atoms with van der Waals surface area (Å²) in [6.45, 7) is 0.452. The molecular weight excluding hydrogens is 308 g/mol. The standard InChI is InChI=1S/C17H12N4O3/c22-17(23)12-8-14(15-2-1-7-24-15)20-16-13(12)9-19-21(16)10-11-3-5-18-6-4-11/h1-9H,10H2,(H,22,23)/p-1. The number of carboxylic acid groups (broad SMARTS) is 1. The summed E-state index contributed by atoms with van der Waals surface area (Å²) in [5.74, 6) is -0.797. The zero-order valence-electron chi connectivity index (χ0n) is 12.4. The minimum absolute atomic E-state index is 0.0346. The topological polar surface area (TPSA) is 96.9 Å². The Balaban J connectivity index is 1.89. The van der Waals surface area contributed by atoms with Crippen LogP contribution < -0.4 is 5.11 Å². The van der Waals surface area contributed by atoms with Gasteiger partial charge in [0, 0.05) is 23.3 Å². The molecule has 0 aliphatic heterocycles. The number of pyridine rings is 2. The second kappa shape index (κ2) is 5.62. The highest BCUT2D eigenvalue weighted by molar-refractivity contribution is 6.01. The first-order valence-electron chi connectivity index (χ1n) is 7.23. The molecule has 0 bridgehead atoms. The predicted molar refractivity (Wildman–Crippen MR) is 82.9 cm³/mol. The van der Waals surface area contributed by atoms with Gasteiger partial charge in [-0.1, -0.05) is 0 Å². The molecule has 0 aliphatic rings. The summed E-state index contributed by atoms with van der Waals surface area (Å²) < 4.78 is 6.97. The van der Waals surface area contributed by atoms with Crippen LogP contribution in [0.25, 0.3) is 22.5 Å². The van der Waals surface area contributed by atoms with E-state index in [0.717, 1.165) is 5.56 Å². The van der Waals surface area contributed by atoms with Crippen LogP contribution in [-0.4, -0.2) is 25.7 Å². The van der Waals surface area contributed by atoms with Gasteiger partial charge >= 0.3 is 0 Å². The molecule has 0 amide bonds. The zero-order valence-corrected chi connectivity index (χ0v) is 12.4. The van der Waals surface area contributed by atoms with Gasteiger partial charge in [-0.2, -0.15) is 5.10 Å². The summed E-state index contributed by atoms with van der Waals surface area (Å²) in [4.78, 5) is 20.0. The molecule has 0 saturated carbocycles. The van der Waals surface area contributed by atoms with Gasteiger partial charge in [0.25, 0.3) is 0 Å². The predicted octanol–water partition coefficient (Wildman–Crippen LogP) is 1.50. The Labute approximate surface area is 136 Å². The summed E-state index contributed by atoms with van der Waals surface area (Å²) in [5.41, 5.74) is 1.89. The van der Waals surface area contributed by atoms with Gasteiger partial charge in [0.15, 0.2) is 11.4 Å². The Morgan fingerprint density at radius 1 is 1.25 bits per heavy atom. The van der Waals surface area contributed by atoms with E-state index in [1.54, 1.807) is 29.2 Å². The largest absolute Gasteiger partial charge is 0.545 e. The van der Waals surface area contributed by atoms with Crippen molar-refractivity contribution >= 4 is 17.0 Å². The normalized spacial score (nSPS) is 11.0. The lowest BCUT2D eigenvalue weighted by Gasteiger charge is -2.08. The van der Waals surface area contributed by atoms with Crippen LogP contribution in [0.4, 0.5) is 0 Å². The van der Waals surface area contributed by atoms with Crippen LogP contribution in [0.1, 0.15) is 15.9 Å². The molecule has 24 heavy (non-hydrogen) atoms. The van der Waals surface area contributed by atoms with E-state index in [1.807, 2.05) is 12.1 Å². The van der Waals surface area contributed by atoms with E-state index in [2.05, 4.69) is 15.1 Å².